The summed E-state index contributed by atoms with van der Waals surface area (Å²) < 4.78 is 5.56. The first kappa shape index (κ1) is 28.7. The number of amides is 3. The van der Waals surface area contributed by atoms with Crippen molar-refractivity contribution in [2.75, 3.05) is 30.4 Å². The minimum atomic E-state index is -0.526. The molecule has 0 saturated heterocycles. The van der Waals surface area contributed by atoms with Crippen LogP contribution in [0.5, 0.6) is 0 Å². The second-order valence-corrected chi connectivity index (χ2v) is 12.5. The van der Waals surface area contributed by atoms with Crippen molar-refractivity contribution in [1.82, 2.24) is 10.2 Å². The Morgan fingerprint density at radius 2 is 1.73 bits per heavy atom. The molecule has 3 amide bonds. The largest absolute Gasteiger partial charge is 0.444 e. The Morgan fingerprint density at radius 1 is 1.02 bits per heavy atom. The molecule has 3 atom stereocenters. The summed E-state index contributed by atoms with van der Waals surface area (Å²) in [6, 6.07) is 14.1. The zero-order valence-corrected chi connectivity index (χ0v) is 25.0. The van der Waals surface area contributed by atoms with Crippen molar-refractivity contribution in [2.45, 2.75) is 71.6 Å². The highest BCUT2D eigenvalue weighted by molar-refractivity contribution is 5.95. The number of fused-ring (bicyclic) bond motifs is 1. The Hall–Kier alpha value is -3.81. The van der Waals surface area contributed by atoms with Crippen molar-refractivity contribution in [3.05, 3.63) is 65.2 Å². The Kier molecular flexibility index (Phi) is 7.86. The molecule has 41 heavy (non-hydrogen) atoms. The maximum atomic E-state index is 13.0. The van der Waals surface area contributed by atoms with Gasteiger partial charge in [0.1, 0.15) is 5.60 Å². The van der Waals surface area contributed by atoms with E-state index >= 15 is 0 Å². The average molecular weight is 559 g/mol. The minimum Gasteiger partial charge on any atom is -0.444 e. The van der Waals surface area contributed by atoms with E-state index in [-0.39, 0.29) is 35.9 Å². The highest BCUT2D eigenvalue weighted by Gasteiger charge is 2.47. The molecule has 2 aliphatic heterocycles. The third-order valence-corrected chi connectivity index (χ3v) is 8.36. The maximum Gasteiger partial charge on any atom is 0.410 e. The number of anilines is 2. The van der Waals surface area contributed by atoms with Crippen LogP contribution in [0.3, 0.4) is 0 Å². The van der Waals surface area contributed by atoms with Gasteiger partial charge in [-0.25, -0.2) is 4.79 Å². The van der Waals surface area contributed by atoms with Crippen LogP contribution in [0, 0.1) is 11.8 Å². The summed E-state index contributed by atoms with van der Waals surface area (Å²) in [5.41, 5.74) is 5.36. The zero-order valence-electron chi connectivity index (χ0n) is 25.0. The standard InChI is InChI=1S/C33H42N4O4/c1-20-29(35-26-12-9-24(10-13-26)31(39)34-6)27-19-25(11-14-28(27)37(21(2)38)30(20)23-7-8-23)22-15-17-36(18-16-22)32(40)41-33(3,4)5/h9-15,19-20,23,29-30,35H,7-8,16-18H2,1-6H3,(H,34,39)/t20-,29?,30-/m1/s1. The molecule has 218 valence electrons. The molecule has 1 aliphatic carbocycles. The predicted octanol–water partition coefficient (Wildman–Crippen LogP) is 6.00. The average Bonchev–Trinajstić information content (AvgIpc) is 3.78. The summed E-state index contributed by atoms with van der Waals surface area (Å²) in [7, 11) is 1.63. The first-order valence-corrected chi connectivity index (χ1v) is 14.7. The number of carbonyl (C=O) groups excluding carboxylic acids is 3. The van der Waals surface area contributed by atoms with Gasteiger partial charge in [-0.15, -0.1) is 0 Å². The number of nitrogens with zero attached hydrogens (tertiary/aromatic N) is 2. The van der Waals surface area contributed by atoms with Crippen LogP contribution < -0.4 is 15.5 Å². The number of ether oxygens (including phenoxy) is 1. The van der Waals surface area contributed by atoms with E-state index in [0.717, 1.165) is 41.8 Å². The SMILES string of the molecule is CNC(=O)c1ccc(NC2c3cc(C4=CCN(C(=O)OC(C)(C)C)CC4)ccc3N(C(C)=O)[C@@H](C3CC3)[C@@H]2C)cc1. The van der Waals surface area contributed by atoms with Crippen molar-refractivity contribution < 1.29 is 19.1 Å². The minimum absolute atomic E-state index is 0.0144. The summed E-state index contributed by atoms with van der Waals surface area (Å²) in [4.78, 5) is 41.4. The molecule has 5 rings (SSSR count). The van der Waals surface area contributed by atoms with Gasteiger partial charge in [0.25, 0.3) is 5.91 Å². The highest BCUT2D eigenvalue weighted by Crippen LogP contribution is 2.50. The van der Waals surface area contributed by atoms with E-state index in [1.165, 1.54) is 5.57 Å². The van der Waals surface area contributed by atoms with E-state index in [1.807, 2.05) is 49.9 Å². The van der Waals surface area contributed by atoms with Gasteiger partial charge in [-0.2, -0.15) is 0 Å². The first-order chi connectivity index (χ1) is 19.5. The molecule has 1 saturated carbocycles. The third kappa shape index (κ3) is 6.11. The lowest BCUT2D eigenvalue weighted by molar-refractivity contribution is -0.117. The van der Waals surface area contributed by atoms with E-state index in [2.05, 4.69) is 41.8 Å². The van der Waals surface area contributed by atoms with Gasteiger partial charge in [-0.1, -0.05) is 19.1 Å². The Balaban J connectivity index is 1.47. The number of hydrogen-bond donors (Lipinski definition) is 2. The molecule has 2 aromatic rings. The number of benzene rings is 2. The molecule has 0 aromatic heterocycles. The Labute approximate surface area is 243 Å². The van der Waals surface area contributed by atoms with Gasteiger partial charge in [-0.3, -0.25) is 9.59 Å². The molecule has 0 radical (unpaired) electrons. The summed E-state index contributed by atoms with van der Waals surface area (Å²) >= 11 is 0. The van der Waals surface area contributed by atoms with Crippen molar-refractivity contribution in [2.24, 2.45) is 11.8 Å². The molecule has 1 fully saturated rings. The number of nitrogens with one attached hydrogen (secondary N) is 2. The van der Waals surface area contributed by atoms with Crippen molar-refractivity contribution in [3.8, 4) is 0 Å². The van der Waals surface area contributed by atoms with Gasteiger partial charge in [0.2, 0.25) is 5.91 Å². The number of carbonyl (C=O) groups is 3. The molecular weight excluding hydrogens is 516 g/mol. The third-order valence-electron chi connectivity index (χ3n) is 8.36. The molecule has 0 spiro atoms. The van der Waals surface area contributed by atoms with Crippen LogP contribution in [0.25, 0.3) is 5.57 Å². The van der Waals surface area contributed by atoms with Crippen molar-refractivity contribution >= 4 is 34.9 Å². The molecule has 2 heterocycles. The molecule has 3 aliphatic rings. The topological polar surface area (TPSA) is 91.0 Å². The number of hydrogen-bond acceptors (Lipinski definition) is 5. The fourth-order valence-electron chi connectivity index (χ4n) is 6.23. The number of rotatable bonds is 5. The second-order valence-electron chi connectivity index (χ2n) is 12.5. The Morgan fingerprint density at radius 3 is 2.29 bits per heavy atom. The van der Waals surface area contributed by atoms with Crippen LogP contribution in [0.1, 0.15) is 81.4 Å². The van der Waals surface area contributed by atoms with Gasteiger partial charge in [0.15, 0.2) is 0 Å². The van der Waals surface area contributed by atoms with Gasteiger partial charge in [-0.05, 0) is 99.0 Å². The van der Waals surface area contributed by atoms with Crippen molar-refractivity contribution in [3.63, 3.8) is 0 Å². The van der Waals surface area contributed by atoms with Crippen LogP contribution in [-0.2, 0) is 9.53 Å². The van der Waals surface area contributed by atoms with Gasteiger partial charge >= 0.3 is 6.09 Å². The van der Waals surface area contributed by atoms with Crippen LogP contribution in [0.15, 0.2) is 48.5 Å². The molecule has 2 aromatic carbocycles. The molecule has 0 bridgehead atoms. The van der Waals surface area contributed by atoms with Gasteiger partial charge in [0.05, 0.1) is 6.04 Å². The molecule has 2 N–H and O–H groups in total. The van der Waals surface area contributed by atoms with E-state index in [0.29, 0.717) is 24.6 Å². The van der Waals surface area contributed by atoms with Crippen LogP contribution in [0.4, 0.5) is 16.2 Å². The monoisotopic (exact) mass is 558 g/mol. The van der Waals surface area contributed by atoms with Crippen LogP contribution >= 0.6 is 0 Å². The fourth-order valence-corrected chi connectivity index (χ4v) is 6.23. The molecule has 8 heteroatoms. The van der Waals surface area contributed by atoms with Crippen LogP contribution in [-0.4, -0.2) is 54.6 Å². The van der Waals surface area contributed by atoms with Gasteiger partial charge in [0, 0.05) is 56.0 Å². The Bertz CT molecular complexity index is 1360. The molecular formula is C33H42N4O4. The summed E-state index contributed by atoms with van der Waals surface area (Å²) in [6.07, 6.45) is 4.83. The van der Waals surface area contributed by atoms with E-state index in [9.17, 15) is 14.4 Å². The van der Waals surface area contributed by atoms with E-state index in [4.69, 9.17) is 4.74 Å². The zero-order chi connectivity index (χ0) is 29.5. The lowest BCUT2D eigenvalue weighted by atomic mass is 9.78. The summed E-state index contributed by atoms with van der Waals surface area (Å²) in [6.45, 7) is 10.6. The summed E-state index contributed by atoms with van der Waals surface area (Å²) in [5.74, 6) is 0.632. The first-order valence-electron chi connectivity index (χ1n) is 14.7. The van der Waals surface area contributed by atoms with E-state index in [1.54, 1.807) is 18.9 Å². The van der Waals surface area contributed by atoms with Gasteiger partial charge < -0.3 is 25.2 Å². The second kappa shape index (κ2) is 11.2. The quantitative estimate of drug-likeness (QED) is 0.469. The normalized spacial score (nSPS) is 22.4. The van der Waals surface area contributed by atoms with Crippen LogP contribution in [0.2, 0.25) is 0 Å². The maximum absolute atomic E-state index is 13.0. The van der Waals surface area contributed by atoms with E-state index < -0.39 is 5.60 Å². The highest BCUT2D eigenvalue weighted by atomic mass is 16.6. The smallest absolute Gasteiger partial charge is 0.410 e. The summed E-state index contributed by atoms with van der Waals surface area (Å²) in [5, 5.41) is 6.43. The lowest BCUT2D eigenvalue weighted by Crippen LogP contribution is -2.51. The molecule has 1 unspecified atom stereocenters. The molecule has 8 nitrogen and oxygen atoms in total. The lowest BCUT2D eigenvalue weighted by Gasteiger charge is -2.46. The van der Waals surface area contributed by atoms with Crippen molar-refractivity contribution in [1.29, 1.82) is 0 Å². The predicted molar refractivity (Wildman–Crippen MR) is 162 cm³/mol. The fraction of sp³-hybridized carbons (Fsp3) is 0.485.